The Balaban J connectivity index is 1.59. The van der Waals surface area contributed by atoms with Crippen LogP contribution in [0.2, 0.25) is 0 Å². The van der Waals surface area contributed by atoms with Gasteiger partial charge in [-0.15, -0.1) is 11.3 Å². The quantitative estimate of drug-likeness (QED) is 0.476. The molecule has 142 valence electrons. The van der Waals surface area contributed by atoms with Gasteiger partial charge in [0.15, 0.2) is 6.61 Å². The van der Waals surface area contributed by atoms with E-state index in [0.717, 1.165) is 19.3 Å². The number of hydrogen-bond donors (Lipinski definition) is 1. The van der Waals surface area contributed by atoms with Gasteiger partial charge in [-0.1, -0.05) is 13.0 Å². The number of amides is 1. The number of hydrogen-bond acceptors (Lipinski definition) is 6. The summed E-state index contributed by atoms with van der Waals surface area (Å²) in [5.41, 5.74) is 2.08. The molecule has 0 fully saturated rings. The number of anilines is 1. The van der Waals surface area contributed by atoms with E-state index in [-0.39, 0.29) is 5.69 Å². The zero-order valence-corrected chi connectivity index (χ0v) is 15.9. The van der Waals surface area contributed by atoms with Crippen LogP contribution in [-0.4, -0.2) is 23.4 Å². The van der Waals surface area contributed by atoms with Crippen LogP contribution in [0, 0.1) is 23.0 Å². The minimum Gasteiger partial charge on any atom is -0.451 e. The topological polar surface area (TPSA) is 98.5 Å². The lowest BCUT2D eigenvalue weighted by Crippen LogP contribution is -2.21. The van der Waals surface area contributed by atoms with Crippen molar-refractivity contribution >= 4 is 34.6 Å². The van der Waals surface area contributed by atoms with Gasteiger partial charge in [-0.25, -0.2) is 4.79 Å². The van der Waals surface area contributed by atoms with Crippen molar-refractivity contribution in [3.05, 3.63) is 55.3 Å². The Morgan fingerprint density at radius 1 is 1.37 bits per heavy atom. The van der Waals surface area contributed by atoms with Gasteiger partial charge in [0, 0.05) is 17.0 Å². The second kappa shape index (κ2) is 7.87. The van der Waals surface area contributed by atoms with E-state index in [0.29, 0.717) is 22.0 Å². The molecule has 1 N–H and O–H groups in total. The molecule has 0 aliphatic heterocycles. The maximum absolute atomic E-state index is 12.2. The lowest BCUT2D eigenvalue weighted by Gasteiger charge is -2.16. The Bertz CT molecular complexity index is 906. The van der Waals surface area contributed by atoms with Crippen LogP contribution < -0.4 is 5.32 Å². The van der Waals surface area contributed by atoms with Crippen LogP contribution in [0.5, 0.6) is 0 Å². The normalized spacial score (nSPS) is 15.7. The molecule has 0 radical (unpaired) electrons. The molecule has 0 saturated carbocycles. The number of nitrogens with zero attached hydrogens (tertiary/aromatic N) is 1. The molecule has 7 nitrogen and oxygen atoms in total. The van der Waals surface area contributed by atoms with Crippen molar-refractivity contribution in [2.45, 2.75) is 33.1 Å². The maximum Gasteiger partial charge on any atom is 0.348 e. The van der Waals surface area contributed by atoms with E-state index >= 15 is 0 Å². The molecule has 1 aliphatic rings. The van der Waals surface area contributed by atoms with Crippen molar-refractivity contribution in [3.8, 4) is 0 Å². The number of rotatable bonds is 5. The van der Waals surface area contributed by atoms with Gasteiger partial charge in [-0.2, -0.15) is 0 Å². The molecule has 3 rings (SSSR count). The lowest BCUT2D eigenvalue weighted by molar-refractivity contribution is -0.384. The van der Waals surface area contributed by atoms with Gasteiger partial charge in [0.1, 0.15) is 4.88 Å². The molecule has 27 heavy (non-hydrogen) atoms. The predicted octanol–water partition coefficient (Wildman–Crippen LogP) is 3.89. The van der Waals surface area contributed by atoms with Gasteiger partial charge in [-0.05, 0) is 49.3 Å². The standard InChI is InChI=1S/C19H20N2O5S/c1-11-3-6-16-13(7-11)8-17(27-16)19(23)26-10-18(22)20-15-9-14(21(24)25)5-4-12(15)2/h4-5,8-9,11H,3,6-7,10H2,1-2H3,(H,20,22)/t11-/m1/s1. The number of esters is 1. The maximum atomic E-state index is 12.2. The molecule has 1 aromatic heterocycles. The highest BCUT2D eigenvalue weighted by molar-refractivity contribution is 7.14. The third-order valence-electron chi connectivity index (χ3n) is 4.57. The first-order chi connectivity index (χ1) is 12.8. The molecule has 0 bridgehead atoms. The van der Waals surface area contributed by atoms with E-state index in [1.807, 2.05) is 6.07 Å². The first-order valence-corrected chi connectivity index (χ1v) is 9.48. The summed E-state index contributed by atoms with van der Waals surface area (Å²) in [5, 5.41) is 13.4. The van der Waals surface area contributed by atoms with Crippen molar-refractivity contribution in [1.29, 1.82) is 0 Å². The largest absolute Gasteiger partial charge is 0.451 e. The average Bonchev–Trinajstić information content (AvgIpc) is 3.04. The third kappa shape index (κ3) is 4.51. The van der Waals surface area contributed by atoms with E-state index in [1.54, 1.807) is 13.0 Å². The summed E-state index contributed by atoms with van der Waals surface area (Å²) < 4.78 is 5.11. The number of benzene rings is 1. The third-order valence-corrected chi connectivity index (χ3v) is 5.79. The highest BCUT2D eigenvalue weighted by Crippen LogP contribution is 2.32. The Hall–Kier alpha value is -2.74. The second-order valence-corrected chi connectivity index (χ2v) is 7.92. The van der Waals surface area contributed by atoms with Gasteiger partial charge in [0.05, 0.1) is 10.6 Å². The molecule has 1 aromatic carbocycles. The summed E-state index contributed by atoms with van der Waals surface area (Å²) in [6.45, 7) is 3.47. The van der Waals surface area contributed by atoms with E-state index in [9.17, 15) is 19.7 Å². The molecule has 2 aromatic rings. The second-order valence-electron chi connectivity index (χ2n) is 6.79. The molecule has 1 heterocycles. The van der Waals surface area contributed by atoms with E-state index in [1.165, 1.54) is 33.9 Å². The first-order valence-electron chi connectivity index (χ1n) is 8.67. The van der Waals surface area contributed by atoms with Gasteiger partial charge in [0.25, 0.3) is 11.6 Å². The zero-order chi connectivity index (χ0) is 19.6. The number of fused-ring (bicyclic) bond motifs is 1. The van der Waals surface area contributed by atoms with Crippen LogP contribution in [-0.2, 0) is 22.4 Å². The number of nitrogens with one attached hydrogen (secondary N) is 1. The molecule has 1 atom stereocenters. The number of carbonyl (C=O) groups is 2. The molecule has 0 unspecified atom stereocenters. The SMILES string of the molecule is Cc1ccc([N+](=O)[O-])cc1NC(=O)COC(=O)c1cc2c(s1)CC[C@@H](C)C2. The molecular weight excluding hydrogens is 368 g/mol. The van der Waals surface area contributed by atoms with Crippen LogP contribution in [0.15, 0.2) is 24.3 Å². The zero-order valence-electron chi connectivity index (χ0n) is 15.1. The number of thiophene rings is 1. The van der Waals surface area contributed by atoms with Crippen molar-refractivity contribution in [2.24, 2.45) is 5.92 Å². The predicted molar refractivity (Wildman–Crippen MR) is 102 cm³/mol. The van der Waals surface area contributed by atoms with Gasteiger partial charge >= 0.3 is 5.97 Å². The van der Waals surface area contributed by atoms with E-state index in [2.05, 4.69) is 12.2 Å². The minimum atomic E-state index is -0.540. The number of nitro benzene ring substituents is 1. The van der Waals surface area contributed by atoms with Crippen molar-refractivity contribution in [1.82, 2.24) is 0 Å². The fourth-order valence-corrected chi connectivity index (χ4v) is 4.16. The highest BCUT2D eigenvalue weighted by atomic mass is 32.1. The number of aryl methyl sites for hydroxylation is 2. The van der Waals surface area contributed by atoms with E-state index in [4.69, 9.17) is 4.74 Å². The van der Waals surface area contributed by atoms with Crippen molar-refractivity contribution in [2.75, 3.05) is 11.9 Å². The number of ether oxygens (including phenoxy) is 1. The van der Waals surface area contributed by atoms with Crippen LogP contribution in [0.4, 0.5) is 11.4 Å². The Morgan fingerprint density at radius 2 is 2.15 bits per heavy atom. The van der Waals surface area contributed by atoms with Crippen LogP contribution in [0.1, 0.15) is 39.0 Å². The van der Waals surface area contributed by atoms with Crippen molar-refractivity contribution < 1.29 is 19.2 Å². The first kappa shape index (κ1) is 19.0. The van der Waals surface area contributed by atoms with Crippen LogP contribution in [0.25, 0.3) is 0 Å². The molecule has 0 spiro atoms. The molecule has 1 amide bonds. The molecule has 0 saturated heterocycles. The molecular formula is C19H20N2O5S. The van der Waals surface area contributed by atoms with Crippen LogP contribution >= 0.6 is 11.3 Å². The Kier molecular flexibility index (Phi) is 5.55. The van der Waals surface area contributed by atoms with Gasteiger partial charge in [0.2, 0.25) is 0 Å². The van der Waals surface area contributed by atoms with Crippen LogP contribution in [0.3, 0.4) is 0 Å². The molecule has 1 aliphatic carbocycles. The number of nitro groups is 1. The summed E-state index contributed by atoms with van der Waals surface area (Å²) >= 11 is 1.43. The minimum absolute atomic E-state index is 0.119. The van der Waals surface area contributed by atoms with E-state index < -0.39 is 23.4 Å². The number of non-ortho nitro benzene ring substituents is 1. The highest BCUT2D eigenvalue weighted by Gasteiger charge is 2.22. The Labute approximate surface area is 160 Å². The summed E-state index contributed by atoms with van der Waals surface area (Å²) in [4.78, 5) is 36.3. The van der Waals surface area contributed by atoms with Crippen molar-refractivity contribution in [3.63, 3.8) is 0 Å². The Morgan fingerprint density at radius 3 is 2.89 bits per heavy atom. The van der Waals surface area contributed by atoms with Gasteiger partial charge < -0.3 is 10.1 Å². The fraction of sp³-hybridized carbons (Fsp3) is 0.368. The summed E-state index contributed by atoms with van der Waals surface area (Å²) in [6.07, 6.45) is 3.06. The molecule has 8 heteroatoms. The summed E-state index contributed by atoms with van der Waals surface area (Å²) in [7, 11) is 0. The average molecular weight is 388 g/mol. The summed E-state index contributed by atoms with van der Waals surface area (Å²) in [6, 6.07) is 6.06. The lowest BCUT2D eigenvalue weighted by atomic mass is 9.90. The smallest absolute Gasteiger partial charge is 0.348 e. The fourth-order valence-electron chi connectivity index (χ4n) is 3.05. The number of carbonyl (C=O) groups excluding carboxylic acids is 2. The monoisotopic (exact) mass is 388 g/mol. The van der Waals surface area contributed by atoms with Gasteiger partial charge in [-0.3, -0.25) is 14.9 Å². The summed E-state index contributed by atoms with van der Waals surface area (Å²) in [5.74, 6) is -0.449.